The van der Waals surface area contributed by atoms with Crippen molar-refractivity contribution in [3.8, 4) is 11.1 Å². The molecule has 0 bridgehead atoms. The van der Waals surface area contributed by atoms with Gasteiger partial charge < -0.3 is 16.0 Å². The van der Waals surface area contributed by atoms with Gasteiger partial charge in [0.15, 0.2) is 0 Å². The van der Waals surface area contributed by atoms with Crippen molar-refractivity contribution in [2.45, 2.75) is 51.5 Å². The molecule has 0 saturated heterocycles. The number of rotatable bonds is 11. The van der Waals surface area contributed by atoms with Gasteiger partial charge in [0.1, 0.15) is 0 Å². The van der Waals surface area contributed by atoms with Crippen molar-refractivity contribution in [3.05, 3.63) is 95.1 Å². The van der Waals surface area contributed by atoms with Gasteiger partial charge in [-0.15, -0.1) is 0 Å². The highest BCUT2D eigenvalue weighted by atomic mass is 16.2. The normalized spacial score (nSPS) is 14.9. The van der Waals surface area contributed by atoms with E-state index in [0.717, 1.165) is 62.7 Å². The van der Waals surface area contributed by atoms with Crippen molar-refractivity contribution in [3.63, 3.8) is 0 Å². The van der Waals surface area contributed by atoms with Crippen LogP contribution < -0.4 is 11.1 Å². The van der Waals surface area contributed by atoms with E-state index in [1.165, 1.54) is 11.1 Å². The van der Waals surface area contributed by atoms with E-state index in [1.807, 2.05) is 54.6 Å². The van der Waals surface area contributed by atoms with Gasteiger partial charge in [0.25, 0.3) is 5.91 Å². The zero-order chi connectivity index (χ0) is 25.3. The molecule has 5 nitrogen and oxygen atoms in total. The average molecular weight is 484 g/mol. The molecule has 188 valence electrons. The van der Waals surface area contributed by atoms with Gasteiger partial charge in [0, 0.05) is 23.7 Å². The average Bonchev–Trinajstić information content (AvgIpc) is 2.92. The fourth-order valence-electron chi connectivity index (χ4n) is 5.16. The summed E-state index contributed by atoms with van der Waals surface area (Å²) in [6.07, 6.45) is 6.24. The number of aryl methyl sites for hydroxylation is 1. The van der Waals surface area contributed by atoms with Gasteiger partial charge >= 0.3 is 0 Å². The van der Waals surface area contributed by atoms with Gasteiger partial charge in [-0.05, 0) is 98.1 Å². The number of unbranched alkanes of at least 4 members (excludes halogenated alkanes) is 1. The monoisotopic (exact) mass is 483 g/mol. The first kappa shape index (κ1) is 25.6. The Labute approximate surface area is 214 Å². The molecule has 0 aromatic heterocycles. The predicted molar refractivity (Wildman–Crippen MR) is 146 cm³/mol. The lowest BCUT2D eigenvalue weighted by Gasteiger charge is -2.35. The second-order valence-electron chi connectivity index (χ2n) is 9.69. The zero-order valence-electron chi connectivity index (χ0n) is 21.2. The van der Waals surface area contributed by atoms with Gasteiger partial charge in [-0.3, -0.25) is 9.59 Å². The molecule has 1 atom stereocenters. The molecular formula is C31H37N3O2. The lowest BCUT2D eigenvalue weighted by Crippen LogP contribution is -2.40. The van der Waals surface area contributed by atoms with Gasteiger partial charge in [-0.1, -0.05) is 55.5 Å². The van der Waals surface area contributed by atoms with Crippen LogP contribution in [-0.2, 0) is 12.8 Å². The minimum Gasteiger partial charge on any atom is -0.366 e. The molecule has 0 fully saturated rings. The highest BCUT2D eigenvalue weighted by molar-refractivity contribution is 5.94. The van der Waals surface area contributed by atoms with Crippen LogP contribution in [0.1, 0.15) is 64.4 Å². The number of nitrogens with one attached hydrogen (secondary N) is 1. The molecule has 1 aliphatic rings. The topological polar surface area (TPSA) is 75.4 Å². The summed E-state index contributed by atoms with van der Waals surface area (Å²) in [4.78, 5) is 26.8. The maximum Gasteiger partial charge on any atom is 0.251 e. The summed E-state index contributed by atoms with van der Waals surface area (Å²) >= 11 is 0. The number of primary amides is 1. The summed E-state index contributed by atoms with van der Waals surface area (Å²) in [6, 6.07) is 24.3. The van der Waals surface area contributed by atoms with Crippen molar-refractivity contribution < 1.29 is 9.59 Å². The number of carbonyl (C=O) groups excluding carboxylic acids is 2. The Morgan fingerprint density at radius 2 is 1.61 bits per heavy atom. The quantitative estimate of drug-likeness (QED) is 0.367. The molecular weight excluding hydrogens is 446 g/mol. The molecule has 1 aliphatic carbocycles. The van der Waals surface area contributed by atoms with Crippen molar-refractivity contribution in [1.29, 1.82) is 0 Å². The molecule has 0 saturated carbocycles. The number of hydrogen-bond donors (Lipinski definition) is 2. The summed E-state index contributed by atoms with van der Waals surface area (Å²) in [5.41, 5.74) is 11.6. The first-order valence-corrected chi connectivity index (χ1v) is 13.1. The Bertz CT molecular complexity index is 1160. The first-order chi connectivity index (χ1) is 17.5. The van der Waals surface area contributed by atoms with Gasteiger partial charge in [-0.25, -0.2) is 0 Å². The maximum absolute atomic E-state index is 12.6. The second-order valence-corrected chi connectivity index (χ2v) is 9.69. The van der Waals surface area contributed by atoms with E-state index >= 15 is 0 Å². The number of nitrogens with two attached hydrogens (primary N) is 1. The number of carbonyl (C=O) groups is 2. The maximum atomic E-state index is 12.6. The predicted octanol–water partition coefficient (Wildman–Crippen LogP) is 5.23. The Hall–Kier alpha value is -3.44. The van der Waals surface area contributed by atoms with Crippen LogP contribution in [0.4, 0.5) is 0 Å². The number of nitrogens with zero attached hydrogens (tertiary/aromatic N) is 1. The van der Waals surface area contributed by atoms with Crippen molar-refractivity contribution in [2.24, 2.45) is 5.73 Å². The van der Waals surface area contributed by atoms with E-state index in [2.05, 4.69) is 35.3 Å². The fourth-order valence-corrected chi connectivity index (χ4v) is 5.16. The van der Waals surface area contributed by atoms with Gasteiger partial charge in [0.05, 0.1) is 0 Å². The van der Waals surface area contributed by atoms with E-state index in [0.29, 0.717) is 23.7 Å². The number of hydrogen-bond acceptors (Lipinski definition) is 3. The van der Waals surface area contributed by atoms with Crippen LogP contribution in [0.15, 0.2) is 72.8 Å². The molecule has 1 unspecified atom stereocenters. The third-order valence-electron chi connectivity index (χ3n) is 7.13. The molecule has 3 N–H and O–H groups in total. The van der Waals surface area contributed by atoms with Crippen LogP contribution in [-0.4, -0.2) is 42.4 Å². The van der Waals surface area contributed by atoms with Crippen LogP contribution in [0.3, 0.4) is 0 Å². The van der Waals surface area contributed by atoms with E-state index in [-0.39, 0.29) is 11.8 Å². The summed E-state index contributed by atoms with van der Waals surface area (Å²) in [7, 11) is 0. The van der Waals surface area contributed by atoms with Crippen molar-refractivity contribution >= 4 is 11.8 Å². The third kappa shape index (κ3) is 6.61. The molecule has 4 rings (SSSR count). The zero-order valence-corrected chi connectivity index (χ0v) is 21.2. The van der Waals surface area contributed by atoms with Crippen molar-refractivity contribution in [1.82, 2.24) is 10.2 Å². The Kier molecular flexibility index (Phi) is 8.90. The Morgan fingerprint density at radius 1 is 0.889 bits per heavy atom. The molecule has 3 aromatic rings. The summed E-state index contributed by atoms with van der Waals surface area (Å²) in [5, 5.41) is 3.07. The van der Waals surface area contributed by atoms with Crippen LogP contribution >= 0.6 is 0 Å². The molecule has 2 amide bonds. The molecule has 3 aromatic carbocycles. The molecule has 0 radical (unpaired) electrons. The molecule has 5 heteroatoms. The third-order valence-corrected chi connectivity index (χ3v) is 7.13. The second kappa shape index (κ2) is 12.5. The van der Waals surface area contributed by atoms with Gasteiger partial charge in [-0.2, -0.15) is 0 Å². The minimum atomic E-state index is -0.362. The van der Waals surface area contributed by atoms with Crippen LogP contribution in [0.25, 0.3) is 11.1 Å². The van der Waals surface area contributed by atoms with Gasteiger partial charge in [0.2, 0.25) is 5.91 Å². The lowest BCUT2D eigenvalue weighted by molar-refractivity contribution is 0.0950. The van der Waals surface area contributed by atoms with E-state index in [4.69, 9.17) is 5.73 Å². The van der Waals surface area contributed by atoms with E-state index < -0.39 is 0 Å². The summed E-state index contributed by atoms with van der Waals surface area (Å²) in [5.74, 6) is -0.381. The standard InChI is InChI=1S/C31H37N3O2/c1-2-19-34(29-17-16-25-12-15-27(30(32)35)21-28(25)22-29)20-7-6-18-33-31(36)26-13-10-24(11-14-26)23-8-4-3-5-9-23/h3-5,8-15,21,29H,2,6-7,16-20,22H2,1H3,(H2,32,35)(H,33,36). The Balaban J connectivity index is 1.23. The van der Waals surface area contributed by atoms with Crippen LogP contribution in [0.5, 0.6) is 0 Å². The number of fused-ring (bicyclic) bond motifs is 1. The highest BCUT2D eigenvalue weighted by Crippen LogP contribution is 2.26. The lowest BCUT2D eigenvalue weighted by atomic mass is 9.86. The van der Waals surface area contributed by atoms with Crippen LogP contribution in [0.2, 0.25) is 0 Å². The SMILES string of the molecule is CCCN(CCCCNC(=O)c1ccc(-c2ccccc2)cc1)C1CCc2ccc(C(N)=O)cc2C1. The molecule has 0 aliphatic heterocycles. The first-order valence-electron chi connectivity index (χ1n) is 13.1. The van der Waals surface area contributed by atoms with Crippen LogP contribution in [0, 0.1) is 0 Å². The van der Waals surface area contributed by atoms with E-state index in [9.17, 15) is 9.59 Å². The smallest absolute Gasteiger partial charge is 0.251 e. The molecule has 0 heterocycles. The summed E-state index contributed by atoms with van der Waals surface area (Å²) in [6.45, 7) is 4.98. The molecule has 0 spiro atoms. The fraction of sp³-hybridized carbons (Fsp3) is 0.355. The largest absolute Gasteiger partial charge is 0.366 e. The highest BCUT2D eigenvalue weighted by Gasteiger charge is 2.24. The molecule has 36 heavy (non-hydrogen) atoms. The van der Waals surface area contributed by atoms with Crippen molar-refractivity contribution in [2.75, 3.05) is 19.6 Å². The number of benzene rings is 3. The summed E-state index contributed by atoms with van der Waals surface area (Å²) < 4.78 is 0. The number of amides is 2. The minimum absolute atomic E-state index is 0.0193. The Morgan fingerprint density at radius 3 is 2.33 bits per heavy atom. The van der Waals surface area contributed by atoms with E-state index in [1.54, 1.807) is 0 Å².